The molecule has 0 fully saturated rings. The summed E-state index contributed by atoms with van der Waals surface area (Å²) in [4.78, 5) is 0. The number of aliphatic hydroxyl groups excluding tert-OH is 1. The Hall–Kier alpha value is -0.120. The number of hydrogen-bond donors (Lipinski definition) is 1. The van der Waals surface area contributed by atoms with Crippen LogP contribution in [0, 0.1) is 41.4 Å². The summed E-state index contributed by atoms with van der Waals surface area (Å²) in [6.45, 7) is 23.2. The van der Waals surface area contributed by atoms with Crippen molar-refractivity contribution in [1.29, 1.82) is 0 Å². The van der Waals surface area contributed by atoms with Crippen molar-refractivity contribution in [2.75, 3.05) is 20.0 Å². The fraction of sp³-hybridized carbons (Fsp3) is 1.00. The molecule has 0 aliphatic heterocycles. The highest BCUT2D eigenvalue weighted by atomic mass is 16.7. The predicted molar refractivity (Wildman–Crippen MR) is 154 cm³/mol. The van der Waals surface area contributed by atoms with Crippen LogP contribution >= 0.6 is 0 Å². The van der Waals surface area contributed by atoms with Gasteiger partial charge < -0.3 is 14.6 Å². The van der Waals surface area contributed by atoms with E-state index in [1.807, 2.05) is 6.92 Å². The fourth-order valence-corrected chi connectivity index (χ4v) is 6.56. The smallest absolute Gasteiger partial charge is 0.146 e. The largest absolute Gasteiger partial charge is 0.393 e. The van der Waals surface area contributed by atoms with E-state index in [9.17, 15) is 5.11 Å². The lowest BCUT2D eigenvalue weighted by Crippen LogP contribution is -2.15. The minimum Gasteiger partial charge on any atom is -0.393 e. The van der Waals surface area contributed by atoms with Crippen LogP contribution in [-0.4, -0.2) is 31.2 Å². The molecule has 0 saturated heterocycles. The molecule has 0 amide bonds. The van der Waals surface area contributed by atoms with Crippen molar-refractivity contribution in [2.24, 2.45) is 41.4 Å². The normalized spacial score (nSPS) is 19.0. The maximum absolute atomic E-state index is 9.62. The standard InChI is InChI=1S/C32H66O3/c1-10-11-12-15-34-24-35-16-13-14-25(2)17-26(3)18-27(4)19-28(5)20-29(6)21-30(7)22-31(8)23-32(9)33/h25-33H,10-24H2,1-9H3. The molecule has 212 valence electrons. The average molecular weight is 499 g/mol. The molecule has 0 aliphatic rings. The number of hydrogen-bond acceptors (Lipinski definition) is 3. The molecular formula is C32H66O3. The first-order chi connectivity index (χ1) is 16.5. The Labute approximate surface area is 221 Å². The van der Waals surface area contributed by atoms with E-state index < -0.39 is 0 Å². The van der Waals surface area contributed by atoms with Gasteiger partial charge in [0.05, 0.1) is 6.10 Å². The van der Waals surface area contributed by atoms with Crippen LogP contribution in [0.2, 0.25) is 0 Å². The van der Waals surface area contributed by atoms with Crippen molar-refractivity contribution in [2.45, 2.75) is 145 Å². The molecule has 3 nitrogen and oxygen atoms in total. The van der Waals surface area contributed by atoms with Gasteiger partial charge in [0.25, 0.3) is 0 Å². The van der Waals surface area contributed by atoms with E-state index in [2.05, 4.69) is 55.4 Å². The van der Waals surface area contributed by atoms with Crippen LogP contribution in [0.15, 0.2) is 0 Å². The van der Waals surface area contributed by atoms with E-state index >= 15 is 0 Å². The monoisotopic (exact) mass is 499 g/mol. The van der Waals surface area contributed by atoms with Crippen molar-refractivity contribution in [1.82, 2.24) is 0 Å². The molecule has 35 heavy (non-hydrogen) atoms. The lowest BCUT2D eigenvalue weighted by atomic mass is 9.80. The highest BCUT2D eigenvalue weighted by Crippen LogP contribution is 2.30. The zero-order valence-electron chi connectivity index (χ0n) is 25.5. The third-order valence-electron chi connectivity index (χ3n) is 7.62. The molecule has 8 atom stereocenters. The summed E-state index contributed by atoms with van der Waals surface area (Å²) in [5, 5.41) is 9.62. The lowest BCUT2D eigenvalue weighted by Gasteiger charge is -2.26. The van der Waals surface area contributed by atoms with Gasteiger partial charge in [-0.15, -0.1) is 0 Å². The molecule has 3 heteroatoms. The maximum atomic E-state index is 9.62. The number of ether oxygens (including phenoxy) is 2. The predicted octanol–water partition coefficient (Wildman–Crippen LogP) is 9.51. The molecule has 0 rings (SSSR count). The van der Waals surface area contributed by atoms with Crippen LogP contribution in [0.4, 0.5) is 0 Å². The van der Waals surface area contributed by atoms with Crippen LogP contribution in [0.5, 0.6) is 0 Å². The van der Waals surface area contributed by atoms with Crippen LogP contribution in [0.1, 0.15) is 139 Å². The Morgan fingerprint density at radius 2 is 0.857 bits per heavy atom. The maximum Gasteiger partial charge on any atom is 0.146 e. The van der Waals surface area contributed by atoms with Gasteiger partial charge in [-0.1, -0.05) is 68.2 Å². The molecule has 0 bridgehead atoms. The molecule has 1 N–H and O–H groups in total. The summed E-state index contributed by atoms with van der Waals surface area (Å²) in [6.07, 6.45) is 14.8. The van der Waals surface area contributed by atoms with Gasteiger partial charge in [-0.05, 0) is 113 Å². The second-order valence-corrected chi connectivity index (χ2v) is 13.0. The van der Waals surface area contributed by atoms with E-state index in [0.29, 0.717) is 12.7 Å². The first-order valence-electron chi connectivity index (χ1n) is 15.4. The van der Waals surface area contributed by atoms with E-state index in [-0.39, 0.29) is 6.10 Å². The second kappa shape index (κ2) is 21.9. The summed E-state index contributed by atoms with van der Waals surface area (Å²) in [7, 11) is 0. The average Bonchev–Trinajstić information content (AvgIpc) is 2.70. The van der Waals surface area contributed by atoms with Gasteiger partial charge >= 0.3 is 0 Å². The van der Waals surface area contributed by atoms with Gasteiger partial charge in [0.2, 0.25) is 0 Å². The number of unbranched alkanes of at least 4 members (excludes halogenated alkanes) is 2. The third-order valence-corrected chi connectivity index (χ3v) is 7.62. The van der Waals surface area contributed by atoms with Gasteiger partial charge in [0.1, 0.15) is 6.79 Å². The van der Waals surface area contributed by atoms with Gasteiger partial charge in [-0.25, -0.2) is 0 Å². The molecule has 8 unspecified atom stereocenters. The molecule has 0 spiro atoms. The molecular weight excluding hydrogens is 432 g/mol. The van der Waals surface area contributed by atoms with Crippen molar-refractivity contribution >= 4 is 0 Å². The highest BCUT2D eigenvalue weighted by Gasteiger charge is 2.19. The van der Waals surface area contributed by atoms with Crippen LogP contribution < -0.4 is 0 Å². The van der Waals surface area contributed by atoms with Crippen LogP contribution in [0.3, 0.4) is 0 Å². The summed E-state index contributed by atoms with van der Waals surface area (Å²) >= 11 is 0. The minimum atomic E-state index is -0.166. The van der Waals surface area contributed by atoms with E-state index in [1.165, 1.54) is 57.8 Å². The quantitative estimate of drug-likeness (QED) is 0.106. The summed E-state index contributed by atoms with van der Waals surface area (Å²) in [5.74, 6) is 5.40. The van der Waals surface area contributed by atoms with Gasteiger partial charge in [-0.2, -0.15) is 0 Å². The summed E-state index contributed by atoms with van der Waals surface area (Å²) < 4.78 is 11.2. The van der Waals surface area contributed by atoms with Crippen LogP contribution in [-0.2, 0) is 9.47 Å². The second-order valence-electron chi connectivity index (χ2n) is 13.0. The molecule has 0 saturated carbocycles. The Kier molecular flexibility index (Phi) is 21.8. The minimum absolute atomic E-state index is 0.166. The highest BCUT2D eigenvalue weighted by molar-refractivity contribution is 4.70. The zero-order chi connectivity index (χ0) is 26.6. The molecule has 0 aliphatic carbocycles. The molecule has 0 aromatic heterocycles. The first-order valence-corrected chi connectivity index (χ1v) is 15.4. The topological polar surface area (TPSA) is 38.7 Å². The lowest BCUT2D eigenvalue weighted by molar-refractivity contribution is -0.0561. The van der Waals surface area contributed by atoms with Crippen molar-refractivity contribution < 1.29 is 14.6 Å². The Bertz CT molecular complexity index is 452. The molecule has 0 radical (unpaired) electrons. The summed E-state index contributed by atoms with van der Waals surface area (Å²) in [5.41, 5.74) is 0. The third kappa shape index (κ3) is 22.8. The van der Waals surface area contributed by atoms with E-state index in [4.69, 9.17) is 9.47 Å². The fourth-order valence-electron chi connectivity index (χ4n) is 6.56. The molecule has 0 heterocycles. The molecule has 0 aromatic rings. The van der Waals surface area contributed by atoms with Gasteiger partial charge in [-0.3, -0.25) is 0 Å². The number of rotatable bonds is 24. The summed E-state index contributed by atoms with van der Waals surface area (Å²) in [6, 6.07) is 0. The molecule has 0 aromatic carbocycles. The SMILES string of the molecule is CCCCCOCOCCCC(C)CC(C)CC(C)CC(C)CC(C)CC(C)CC(C)CC(C)O. The van der Waals surface area contributed by atoms with E-state index in [1.54, 1.807) is 0 Å². The van der Waals surface area contributed by atoms with Gasteiger partial charge in [0.15, 0.2) is 0 Å². The van der Waals surface area contributed by atoms with Crippen LogP contribution in [0.25, 0.3) is 0 Å². The number of aliphatic hydroxyl groups is 1. The Morgan fingerprint density at radius 3 is 1.26 bits per heavy atom. The van der Waals surface area contributed by atoms with Crippen molar-refractivity contribution in [3.63, 3.8) is 0 Å². The van der Waals surface area contributed by atoms with Crippen molar-refractivity contribution in [3.05, 3.63) is 0 Å². The first kappa shape index (κ1) is 34.9. The van der Waals surface area contributed by atoms with E-state index in [0.717, 1.165) is 68.0 Å². The zero-order valence-corrected chi connectivity index (χ0v) is 25.5. The van der Waals surface area contributed by atoms with Crippen molar-refractivity contribution in [3.8, 4) is 0 Å². The van der Waals surface area contributed by atoms with Gasteiger partial charge in [0, 0.05) is 13.2 Å². The Morgan fingerprint density at radius 1 is 0.486 bits per heavy atom. The Balaban J connectivity index is 3.93.